The summed E-state index contributed by atoms with van der Waals surface area (Å²) in [5.41, 5.74) is -1.48. The van der Waals surface area contributed by atoms with Gasteiger partial charge in [-0.1, -0.05) is 13.8 Å². The summed E-state index contributed by atoms with van der Waals surface area (Å²) in [5.74, 6) is -6.95. The maximum atomic E-state index is 12.9. The van der Waals surface area contributed by atoms with Gasteiger partial charge >= 0.3 is 5.92 Å². The summed E-state index contributed by atoms with van der Waals surface area (Å²) >= 11 is 0. The molecule has 2 aliphatic rings. The van der Waals surface area contributed by atoms with Gasteiger partial charge in [-0.05, 0) is 24.2 Å². The predicted molar refractivity (Wildman–Crippen MR) is 72.8 cm³/mol. The normalized spacial score (nSPS) is 31.7. The van der Waals surface area contributed by atoms with E-state index in [0.29, 0.717) is 19.8 Å². The molecule has 2 bridgehead atoms. The topological polar surface area (TPSA) is 68.3 Å². The third kappa shape index (κ3) is 2.53. The number of halogens is 2. The third-order valence-corrected chi connectivity index (χ3v) is 7.08. The molecule has 2 atom stereocenters. The first-order valence-corrected chi connectivity index (χ1v) is 8.79. The zero-order valence-corrected chi connectivity index (χ0v) is 13.2. The van der Waals surface area contributed by atoms with Gasteiger partial charge in [0.25, 0.3) is 0 Å². The van der Waals surface area contributed by atoms with E-state index in [1.807, 2.05) is 13.8 Å². The molecule has 0 saturated heterocycles. The van der Waals surface area contributed by atoms with Gasteiger partial charge in [-0.3, -0.25) is 9.59 Å². The van der Waals surface area contributed by atoms with Crippen LogP contribution >= 0.6 is 0 Å². The first-order chi connectivity index (χ1) is 9.32. The van der Waals surface area contributed by atoms with E-state index in [-0.39, 0.29) is 11.7 Å². The number of carbonyl (C=O) groups is 2. The lowest BCUT2D eigenvalue weighted by atomic mass is 9.70. The van der Waals surface area contributed by atoms with Crippen LogP contribution in [0.3, 0.4) is 0 Å². The maximum absolute atomic E-state index is 12.9. The van der Waals surface area contributed by atoms with Crippen LogP contribution in [0.1, 0.15) is 40.0 Å². The minimum atomic E-state index is -4.05. The van der Waals surface area contributed by atoms with Crippen LogP contribution in [0, 0.1) is 16.7 Å². The molecule has 0 heterocycles. The Morgan fingerprint density at radius 2 is 1.95 bits per heavy atom. The molecule has 120 valence electrons. The summed E-state index contributed by atoms with van der Waals surface area (Å²) < 4.78 is 50.1. The predicted octanol–water partition coefficient (Wildman–Crippen LogP) is 2.02. The summed E-state index contributed by atoms with van der Waals surface area (Å²) in [7, 11) is -4.05. The van der Waals surface area contributed by atoms with Crippen LogP contribution in [0.25, 0.3) is 0 Å². The minimum absolute atomic E-state index is 0.108. The van der Waals surface area contributed by atoms with Gasteiger partial charge in [-0.15, -0.1) is 0 Å². The molecule has 2 unspecified atom stereocenters. The zero-order chi connectivity index (χ0) is 16.3. The van der Waals surface area contributed by atoms with Crippen LogP contribution in [0.5, 0.6) is 0 Å². The van der Waals surface area contributed by atoms with Crippen molar-refractivity contribution in [3.63, 3.8) is 0 Å². The van der Waals surface area contributed by atoms with Crippen molar-refractivity contribution >= 4 is 21.4 Å². The van der Waals surface area contributed by atoms with Crippen molar-refractivity contribution in [1.82, 2.24) is 0 Å². The highest BCUT2D eigenvalue weighted by Crippen LogP contribution is 2.64. The van der Waals surface area contributed by atoms with E-state index in [1.54, 1.807) is 0 Å². The second kappa shape index (κ2) is 4.57. The number of sulfone groups is 1. The molecule has 0 amide bonds. The summed E-state index contributed by atoms with van der Waals surface area (Å²) in [6.45, 7) is 4.11. The second-order valence-electron chi connectivity index (χ2n) is 7.01. The molecule has 0 aliphatic heterocycles. The zero-order valence-electron chi connectivity index (χ0n) is 12.4. The van der Waals surface area contributed by atoms with E-state index in [0.717, 1.165) is 6.42 Å². The van der Waals surface area contributed by atoms with Crippen LogP contribution in [-0.2, 0) is 19.4 Å². The highest BCUT2D eigenvalue weighted by atomic mass is 32.2. The van der Waals surface area contributed by atoms with Crippen molar-refractivity contribution in [2.24, 2.45) is 16.7 Å². The molecule has 7 heteroatoms. The summed E-state index contributed by atoms with van der Waals surface area (Å²) in [5, 5.41) is 0. The minimum Gasteiger partial charge on any atom is -0.299 e. The Hall–Kier alpha value is -0.850. The van der Waals surface area contributed by atoms with E-state index >= 15 is 0 Å². The highest BCUT2D eigenvalue weighted by Gasteiger charge is 2.65. The van der Waals surface area contributed by atoms with Gasteiger partial charge in [-0.2, -0.15) is 8.78 Å². The van der Waals surface area contributed by atoms with Crippen molar-refractivity contribution in [1.29, 1.82) is 0 Å². The Morgan fingerprint density at radius 3 is 2.33 bits per heavy atom. The molecule has 0 spiro atoms. The first kappa shape index (κ1) is 16.5. The molecule has 0 N–H and O–H groups in total. The highest BCUT2D eigenvalue weighted by molar-refractivity contribution is 7.92. The smallest absolute Gasteiger partial charge is 0.299 e. The number of alkyl halides is 2. The van der Waals surface area contributed by atoms with Crippen molar-refractivity contribution in [3.05, 3.63) is 0 Å². The fourth-order valence-electron chi connectivity index (χ4n) is 3.86. The van der Waals surface area contributed by atoms with Gasteiger partial charge in [0.1, 0.15) is 11.5 Å². The monoisotopic (exact) mass is 322 g/mol. The number of Topliss-reactive ketones (excluding diaryl/α,β-unsaturated/α-hetero) is 2. The summed E-state index contributed by atoms with van der Waals surface area (Å²) in [6, 6.07) is 0. The quantitative estimate of drug-likeness (QED) is 0.776. The lowest BCUT2D eigenvalue weighted by Gasteiger charge is -2.36. The number of ketones is 2. The molecule has 0 aromatic carbocycles. The molecule has 4 nitrogen and oxygen atoms in total. The van der Waals surface area contributed by atoms with Gasteiger partial charge in [0.2, 0.25) is 5.78 Å². The number of carbonyl (C=O) groups excluding carboxylic acids is 2. The Balaban J connectivity index is 2.25. The Labute approximate surface area is 123 Å². The number of hydrogen-bond donors (Lipinski definition) is 0. The molecule has 2 fully saturated rings. The molecular weight excluding hydrogens is 302 g/mol. The molecule has 0 aromatic rings. The molecule has 0 radical (unpaired) electrons. The first-order valence-electron chi connectivity index (χ1n) is 6.97. The number of fused-ring (bicyclic) bond motifs is 2. The average molecular weight is 322 g/mol. The molecule has 21 heavy (non-hydrogen) atoms. The lowest BCUT2D eigenvalue weighted by molar-refractivity contribution is -0.137. The van der Waals surface area contributed by atoms with Crippen LogP contribution in [0.2, 0.25) is 0 Å². The standard InChI is InChI=1S/C14H20F2O4S/c1-12(2)9-4-5-14(12,10(17)6-9)8-21(19,20)7-11(18)13(3,15)16/h9H,4-8H2,1-3H3. The van der Waals surface area contributed by atoms with Crippen LogP contribution in [0.4, 0.5) is 8.78 Å². The van der Waals surface area contributed by atoms with E-state index in [4.69, 9.17) is 0 Å². The summed E-state index contributed by atoms with van der Waals surface area (Å²) in [4.78, 5) is 23.5. The van der Waals surface area contributed by atoms with E-state index in [2.05, 4.69) is 0 Å². The fourth-order valence-corrected chi connectivity index (χ4v) is 6.04. The number of rotatable bonds is 5. The second-order valence-corrected chi connectivity index (χ2v) is 9.07. The van der Waals surface area contributed by atoms with Crippen LogP contribution < -0.4 is 0 Å². The van der Waals surface area contributed by atoms with E-state index < -0.39 is 43.9 Å². The largest absolute Gasteiger partial charge is 0.303 e. The SMILES string of the molecule is CC(F)(F)C(=O)CS(=O)(=O)CC12CCC(CC1=O)C2(C)C. The Morgan fingerprint density at radius 1 is 1.38 bits per heavy atom. The molecule has 2 aliphatic carbocycles. The van der Waals surface area contributed by atoms with E-state index in [1.165, 1.54) is 0 Å². The van der Waals surface area contributed by atoms with Crippen molar-refractivity contribution < 1.29 is 26.8 Å². The van der Waals surface area contributed by atoms with Crippen molar-refractivity contribution in [3.8, 4) is 0 Å². The lowest BCUT2D eigenvalue weighted by Crippen LogP contribution is -2.44. The summed E-state index contributed by atoms with van der Waals surface area (Å²) in [6.07, 6.45) is 1.58. The van der Waals surface area contributed by atoms with Crippen LogP contribution in [0.15, 0.2) is 0 Å². The van der Waals surface area contributed by atoms with Gasteiger partial charge in [0.05, 0.1) is 5.75 Å². The fraction of sp³-hybridized carbons (Fsp3) is 0.857. The van der Waals surface area contributed by atoms with Gasteiger partial charge in [-0.25, -0.2) is 8.42 Å². The third-order valence-electron chi connectivity index (χ3n) is 5.45. The van der Waals surface area contributed by atoms with Gasteiger partial charge < -0.3 is 0 Å². The van der Waals surface area contributed by atoms with Gasteiger partial charge in [0, 0.05) is 18.8 Å². The number of hydrogen-bond acceptors (Lipinski definition) is 4. The average Bonchev–Trinajstić information content (AvgIpc) is 2.60. The Kier molecular flexibility index (Phi) is 3.60. The molecule has 0 aromatic heterocycles. The van der Waals surface area contributed by atoms with Gasteiger partial charge in [0.15, 0.2) is 9.84 Å². The van der Waals surface area contributed by atoms with Crippen molar-refractivity contribution in [2.75, 3.05) is 11.5 Å². The molecular formula is C14H20F2O4S. The Bertz CT molecular complexity index is 589. The maximum Gasteiger partial charge on any atom is 0.303 e. The molecule has 2 rings (SSSR count). The molecule has 2 saturated carbocycles. The van der Waals surface area contributed by atoms with E-state index in [9.17, 15) is 26.8 Å². The van der Waals surface area contributed by atoms with Crippen molar-refractivity contribution in [2.45, 2.75) is 46.0 Å². The van der Waals surface area contributed by atoms with Crippen LogP contribution in [-0.4, -0.2) is 37.4 Å².